The molecular formula is C14H16Cl2N2O. The number of hydrogen-bond acceptors (Lipinski definition) is 3. The average molecular weight is 299 g/mol. The van der Waals surface area contributed by atoms with E-state index in [2.05, 4.69) is 11.4 Å². The molecule has 0 radical (unpaired) electrons. The van der Waals surface area contributed by atoms with Gasteiger partial charge in [-0.05, 0) is 31.4 Å². The summed E-state index contributed by atoms with van der Waals surface area (Å²) in [6.07, 6.45) is 3.64. The molecule has 5 heteroatoms. The van der Waals surface area contributed by atoms with Gasteiger partial charge in [0.15, 0.2) is 0 Å². The SMILES string of the molecule is N#CCCCOc1c(Cl)cc(Cl)cc1CNC1CC1. The lowest BCUT2D eigenvalue weighted by Crippen LogP contribution is -2.16. The zero-order valence-electron chi connectivity index (χ0n) is 10.6. The molecular weight excluding hydrogens is 283 g/mol. The van der Waals surface area contributed by atoms with Gasteiger partial charge in [0.25, 0.3) is 0 Å². The highest BCUT2D eigenvalue weighted by molar-refractivity contribution is 6.35. The highest BCUT2D eigenvalue weighted by Gasteiger charge is 2.21. The van der Waals surface area contributed by atoms with Crippen LogP contribution >= 0.6 is 23.2 Å². The van der Waals surface area contributed by atoms with Gasteiger partial charge in [0.05, 0.1) is 17.7 Å². The molecule has 3 nitrogen and oxygen atoms in total. The zero-order valence-corrected chi connectivity index (χ0v) is 12.1. The molecule has 1 fully saturated rings. The van der Waals surface area contributed by atoms with E-state index in [4.69, 9.17) is 33.2 Å². The third-order valence-electron chi connectivity index (χ3n) is 2.92. The normalized spacial score (nSPS) is 14.2. The molecule has 0 spiro atoms. The predicted molar refractivity (Wildman–Crippen MR) is 76.7 cm³/mol. The van der Waals surface area contributed by atoms with E-state index >= 15 is 0 Å². The highest BCUT2D eigenvalue weighted by Crippen LogP contribution is 2.33. The van der Waals surface area contributed by atoms with Crippen molar-refractivity contribution in [3.05, 3.63) is 27.7 Å². The first-order valence-electron chi connectivity index (χ1n) is 6.41. The number of ether oxygens (including phenoxy) is 1. The zero-order chi connectivity index (χ0) is 13.7. The van der Waals surface area contributed by atoms with E-state index in [9.17, 15) is 0 Å². The van der Waals surface area contributed by atoms with E-state index in [1.54, 1.807) is 6.07 Å². The summed E-state index contributed by atoms with van der Waals surface area (Å²) in [5, 5.41) is 13.1. The molecule has 0 saturated heterocycles. The molecule has 1 aromatic carbocycles. The van der Waals surface area contributed by atoms with Crippen molar-refractivity contribution in [1.82, 2.24) is 5.32 Å². The molecule has 0 amide bonds. The number of hydrogen-bond donors (Lipinski definition) is 1. The Kier molecular flexibility index (Phi) is 5.33. The minimum absolute atomic E-state index is 0.487. The molecule has 1 aliphatic rings. The van der Waals surface area contributed by atoms with Gasteiger partial charge in [-0.1, -0.05) is 23.2 Å². The van der Waals surface area contributed by atoms with Gasteiger partial charge in [-0.15, -0.1) is 0 Å². The number of unbranched alkanes of at least 4 members (excludes halogenated alkanes) is 1. The summed E-state index contributed by atoms with van der Waals surface area (Å²) in [5.41, 5.74) is 0.973. The average Bonchev–Trinajstić information content (AvgIpc) is 3.18. The second kappa shape index (κ2) is 7.00. The third-order valence-corrected chi connectivity index (χ3v) is 3.42. The standard InChI is InChI=1S/C14H16Cl2N2O/c15-11-7-10(9-18-12-3-4-12)14(13(16)8-11)19-6-2-1-5-17/h7-8,12,18H,1-4,6,9H2. The molecule has 1 saturated carbocycles. The first-order valence-corrected chi connectivity index (χ1v) is 7.17. The fraction of sp³-hybridized carbons (Fsp3) is 0.500. The fourth-order valence-electron chi connectivity index (χ4n) is 1.77. The molecule has 1 N–H and O–H groups in total. The molecule has 0 atom stereocenters. The van der Waals surface area contributed by atoms with Crippen LogP contribution in [0.5, 0.6) is 5.75 Å². The van der Waals surface area contributed by atoms with Crippen molar-refractivity contribution in [2.45, 2.75) is 38.3 Å². The third kappa shape index (κ3) is 4.58. The maximum Gasteiger partial charge on any atom is 0.142 e. The maximum absolute atomic E-state index is 8.50. The topological polar surface area (TPSA) is 45.0 Å². The van der Waals surface area contributed by atoms with Crippen molar-refractivity contribution in [3.63, 3.8) is 0 Å². The lowest BCUT2D eigenvalue weighted by atomic mass is 10.2. The van der Waals surface area contributed by atoms with Crippen LogP contribution in [-0.2, 0) is 6.54 Å². The largest absolute Gasteiger partial charge is 0.492 e. The molecule has 1 aromatic rings. The number of nitriles is 1. The van der Waals surface area contributed by atoms with Gasteiger partial charge in [0, 0.05) is 29.6 Å². The van der Waals surface area contributed by atoms with Gasteiger partial charge in [0.1, 0.15) is 5.75 Å². The Labute approximate surface area is 123 Å². The van der Waals surface area contributed by atoms with Crippen LogP contribution in [0.15, 0.2) is 12.1 Å². The molecule has 1 aliphatic carbocycles. The van der Waals surface area contributed by atoms with Crippen LogP contribution in [0.2, 0.25) is 10.0 Å². The van der Waals surface area contributed by atoms with E-state index in [-0.39, 0.29) is 0 Å². The number of nitrogens with zero attached hydrogens (tertiary/aromatic N) is 1. The van der Waals surface area contributed by atoms with Crippen LogP contribution in [0.25, 0.3) is 0 Å². The van der Waals surface area contributed by atoms with E-state index < -0.39 is 0 Å². The van der Waals surface area contributed by atoms with Gasteiger partial charge >= 0.3 is 0 Å². The summed E-state index contributed by atoms with van der Waals surface area (Å²) in [6.45, 7) is 1.20. The van der Waals surface area contributed by atoms with Crippen LogP contribution in [0.4, 0.5) is 0 Å². The molecule has 19 heavy (non-hydrogen) atoms. The molecule has 0 heterocycles. The number of rotatable bonds is 7. The second-order valence-corrected chi connectivity index (χ2v) is 5.48. The van der Waals surface area contributed by atoms with Crippen molar-refractivity contribution in [3.8, 4) is 11.8 Å². The monoisotopic (exact) mass is 298 g/mol. The van der Waals surface area contributed by atoms with E-state index in [0.717, 1.165) is 5.56 Å². The quantitative estimate of drug-likeness (QED) is 0.776. The minimum Gasteiger partial charge on any atom is -0.492 e. The summed E-state index contributed by atoms with van der Waals surface area (Å²) >= 11 is 12.2. The van der Waals surface area contributed by atoms with E-state index in [0.29, 0.717) is 47.8 Å². The lowest BCUT2D eigenvalue weighted by Gasteiger charge is -2.14. The minimum atomic E-state index is 0.487. The Morgan fingerprint density at radius 3 is 2.84 bits per heavy atom. The maximum atomic E-state index is 8.50. The van der Waals surface area contributed by atoms with Crippen molar-refractivity contribution >= 4 is 23.2 Å². The number of benzene rings is 1. The van der Waals surface area contributed by atoms with Crippen molar-refractivity contribution < 1.29 is 4.74 Å². The Balaban J connectivity index is 2.02. The van der Waals surface area contributed by atoms with Crippen LogP contribution in [-0.4, -0.2) is 12.6 Å². The van der Waals surface area contributed by atoms with Crippen LogP contribution in [0.1, 0.15) is 31.2 Å². The molecule has 0 bridgehead atoms. The number of nitrogens with one attached hydrogen (secondary N) is 1. The second-order valence-electron chi connectivity index (χ2n) is 4.64. The lowest BCUT2D eigenvalue weighted by molar-refractivity contribution is 0.309. The smallest absolute Gasteiger partial charge is 0.142 e. The van der Waals surface area contributed by atoms with E-state index in [1.165, 1.54) is 12.8 Å². The van der Waals surface area contributed by atoms with Gasteiger partial charge in [-0.2, -0.15) is 5.26 Å². The van der Waals surface area contributed by atoms with E-state index in [1.807, 2.05) is 6.07 Å². The highest BCUT2D eigenvalue weighted by atomic mass is 35.5. The Hall–Kier alpha value is -0.950. The van der Waals surface area contributed by atoms with Crippen LogP contribution < -0.4 is 10.1 Å². The predicted octanol–water partition coefficient (Wildman–Crippen LogP) is 3.93. The van der Waals surface area contributed by atoms with Gasteiger partial charge < -0.3 is 10.1 Å². The molecule has 2 rings (SSSR count). The van der Waals surface area contributed by atoms with Crippen LogP contribution in [0.3, 0.4) is 0 Å². The van der Waals surface area contributed by atoms with Crippen molar-refractivity contribution in [1.29, 1.82) is 5.26 Å². The van der Waals surface area contributed by atoms with Crippen LogP contribution in [0, 0.1) is 11.3 Å². The molecule has 0 unspecified atom stereocenters. The first kappa shape index (κ1) is 14.5. The summed E-state index contributed by atoms with van der Waals surface area (Å²) in [6, 6.07) is 6.27. The van der Waals surface area contributed by atoms with Crippen molar-refractivity contribution in [2.75, 3.05) is 6.61 Å². The van der Waals surface area contributed by atoms with Gasteiger partial charge in [-0.3, -0.25) is 0 Å². The fourth-order valence-corrected chi connectivity index (χ4v) is 2.36. The summed E-state index contributed by atoms with van der Waals surface area (Å²) < 4.78 is 5.70. The molecule has 102 valence electrons. The van der Waals surface area contributed by atoms with Gasteiger partial charge in [-0.25, -0.2) is 0 Å². The van der Waals surface area contributed by atoms with Crippen molar-refractivity contribution in [2.24, 2.45) is 0 Å². The molecule has 0 aliphatic heterocycles. The summed E-state index contributed by atoms with van der Waals surface area (Å²) in [4.78, 5) is 0. The summed E-state index contributed by atoms with van der Waals surface area (Å²) in [7, 11) is 0. The summed E-state index contributed by atoms with van der Waals surface area (Å²) in [5.74, 6) is 0.678. The first-order chi connectivity index (χ1) is 9.20. The molecule has 0 aromatic heterocycles. The Morgan fingerprint density at radius 2 is 2.16 bits per heavy atom. The Morgan fingerprint density at radius 1 is 1.37 bits per heavy atom. The van der Waals surface area contributed by atoms with Gasteiger partial charge in [0.2, 0.25) is 0 Å². The Bertz CT molecular complexity index is 481. The number of halogens is 2.